The SMILES string of the molecule is NC(=O)C[C@@H](NC(=O)OCc1ccccc1)C(=O)O.O=C(O)[C@H]1CNC(=O)N1C(=O)OCc1ccccc1. The molecule has 1 heterocycles. The monoisotopic (exact) mass is 530 g/mol. The van der Waals surface area contributed by atoms with Gasteiger partial charge in [0.1, 0.15) is 19.3 Å². The molecule has 1 aliphatic heterocycles. The van der Waals surface area contributed by atoms with Crippen molar-refractivity contribution in [2.24, 2.45) is 5.73 Å². The zero-order valence-corrected chi connectivity index (χ0v) is 19.9. The average molecular weight is 530 g/mol. The lowest BCUT2D eigenvalue weighted by atomic mass is 10.2. The van der Waals surface area contributed by atoms with Gasteiger partial charge in [0.05, 0.1) is 13.0 Å². The van der Waals surface area contributed by atoms with E-state index >= 15 is 0 Å². The maximum atomic E-state index is 11.7. The molecular formula is C24H26N4O10. The first-order valence-corrected chi connectivity index (χ1v) is 11.1. The smallest absolute Gasteiger partial charge is 0.419 e. The van der Waals surface area contributed by atoms with Crippen LogP contribution >= 0.6 is 0 Å². The number of hydrogen-bond donors (Lipinski definition) is 5. The molecule has 0 spiro atoms. The van der Waals surface area contributed by atoms with Gasteiger partial charge in [-0.1, -0.05) is 60.7 Å². The first-order valence-electron chi connectivity index (χ1n) is 11.1. The third-order valence-corrected chi connectivity index (χ3v) is 4.87. The molecule has 38 heavy (non-hydrogen) atoms. The highest BCUT2D eigenvalue weighted by Crippen LogP contribution is 2.11. The van der Waals surface area contributed by atoms with E-state index in [1.54, 1.807) is 48.5 Å². The molecule has 2 atom stereocenters. The number of ether oxygens (including phenoxy) is 2. The summed E-state index contributed by atoms with van der Waals surface area (Å²) in [6.07, 6.45) is -2.38. The van der Waals surface area contributed by atoms with Crippen LogP contribution in [0.15, 0.2) is 60.7 Å². The second-order valence-corrected chi connectivity index (χ2v) is 7.72. The van der Waals surface area contributed by atoms with Crippen LogP contribution in [0.2, 0.25) is 0 Å². The van der Waals surface area contributed by atoms with E-state index in [9.17, 15) is 28.8 Å². The van der Waals surface area contributed by atoms with Crippen molar-refractivity contribution in [2.75, 3.05) is 6.54 Å². The molecule has 5 amide bonds. The first kappa shape index (κ1) is 29.1. The summed E-state index contributed by atoms with van der Waals surface area (Å²) in [5.74, 6) is -3.43. The van der Waals surface area contributed by atoms with Crippen molar-refractivity contribution >= 4 is 36.1 Å². The molecule has 1 fully saturated rings. The van der Waals surface area contributed by atoms with E-state index < -0.39 is 54.6 Å². The molecule has 0 aromatic heterocycles. The fraction of sp³-hybridized carbons (Fsp3) is 0.250. The Morgan fingerprint density at radius 1 is 0.947 bits per heavy atom. The molecule has 0 aliphatic carbocycles. The Labute approximate surface area is 216 Å². The van der Waals surface area contributed by atoms with Crippen molar-refractivity contribution < 1.29 is 48.5 Å². The van der Waals surface area contributed by atoms with Crippen molar-refractivity contribution in [2.45, 2.75) is 31.7 Å². The molecule has 14 nitrogen and oxygen atoms in total. The Morgan fingerprint density at radius 3 is 1.95 bits per heavy atom. The molecule has 202 valence electrons. The molecule has 1 saturated heterocycles. The lowest BCUT2D eigenvalue weighted by Crippen LogP contribution is -2.44. The van der Waals surface area contributed by atoms with E-state index in [2.05, 4.69) is 10.6 Å². The number of carbonyl (C=O) groups is 6. The topological polar surface area (TPSA) is 215 Å². The van der Waals surface area contributed by atoms with Crippen LogP contribution in [0.25, 0.3) is 0 Å². The largest absolute Gasteiger partial charge is 0.480 e. The standard InChI is InChI=1S/C12H12N2O5.C12H14N2O5/c15-10(16)9-6-13-11(17)14(9)12(18)19-7-8-4-2-1-3-5-8;13-10(15)6-9(11(16)17)14-12(18)19-7-8-4-2-1-3-5-8/h1-5,9H,6-7H2,(H,13,17)(H,15,16);1-5,9H,6-7H2,(H2,13,15)(H,14,18)(H,16,17)/t2*9-/m11/s1. The highest BCUT2D eigenvalue weighted by atomic mass is 16.6. The average Bonchev–Trinajstić information content (AvgIpc) is 3.29. The molecule has 2 aromatic carbocycles. The van der Waals surface area contributed by atoms with Gasteiger partial charge in [-0.05, 0) is 11.1 Å². The third kappa shape index (κ3) is 9.49. The normalized spacial score (nSPS) is 14.7. The summed E-state index contributed by atoms with van der Waals surface area (Å²) < 4.78 is 9.75. The van der Waals surface area contributed by atoms with Gasteiger partial charge in [0.2, 0.25) is 5.91 Å². The van der Waals surface area contributed by atoms with E-state index in [-0.39, 0.29) is 19.8 Å². The predicted molar refractivity (Wildman–Crippen MR) is 128 cm³/mol. The van der Waals surface area contributed by atoms with Crippen molar-refractivity contribution in [3.63, 3.8) is 0 Å². The number of rotatable bonds is 9. The second kappa shape index (κ2) is 14.4. The van der Waals surface area contributed by atoms with Gasteiger partial charge in [-0.25, -0.2) is 28.9 Å². The van der Waals surface area contributed by atoms with Gasteiger partial charge in [0.25, 0.3) is 0 Å². The minimum atomic E-state index is -1.39. The Morgan fingerprint density at radius 2 is 1.47 bits per heavy atom. The number of benzene rings is 2. The lowest BCUT2D eigenvalue weighted by molar-refractivity contribution is -0.141. The molecule has 3 rings (SSSR count). The minimum absolute atomic E-state index is 0.00951. The summed E-state index contributed by atoms with van der Waals surface area (Å²) in [7, 11) is 0. The van der Waals surface area contributed by atoms with Gasteiger partial charge in [0.15, 0.2) is 6.04 Å². The van der Waals surface area contributed by atoms with Crippen molar-refractivity contribution in [3.8, 4) is 0 Å². The summed E-state index contributed by atoms with van der Waals surface area (Å²) in [5.41, 5.74) is 6.39. The zero-order valence-electron chi connectivity index (χ0n) is 19.9. The molecule has 0 bridgehead atoms. The maximum absolute atomic E-state index is 11.7. The fourth-order valence-corrected chi connectivity index (χ4v) is 3.01. The number of carboxylic acids is 2. The van der Waals surface area contributed by atoms with Crippen LogP contribution in [0.4, 0.5) is 14.4 Å². The van der Waals surface area contributed by atoms with Gasteiger partial charge in [-0.3, -0.25) is 4.79 Å². The number of amides is 5. The predicted octanol–water partition coefficient (Wildman–Crippen LogP) is 1.04. The van der Waals surface area contributed by atoms with Gasteiger partial charge >= 0.3 is 30.2 Å². The number of aliphatic carboxylic acids is 2. The number of nitrogens with one attached hydrogen (secondary N) is 2. The minimum Gasteiger partial charge on any atom is -0.480 e. The highest BCUT2D eigenvalue weighted by molar-refractivity contribution is 5.98. The van der Waals surface area contributed by atoms with Crippen LogP contribution in [0, 0.1) is 0 Å². The van der Waals surface area contributed by atoms with Crippen LogP contribution in [0.1, 0.15) is 17.5 Å². The molecule has 0 radical (unpaired) electrons. The van der Waals surface area contributed by atoms with Crippen LogP contribution in [-0.4, -0.2) is 69.8 Å². The summed E-state index contributed by atoms with van der Waals surface area (Å²) in [6, 6.07) is 14.4. The lowest BCUT2D eigenvalue weighted by Gasteiger charge is -2.17. The highest BCUT2D eigenvalue weighted by Gasteiger charge is 2.41. The molecule has 0 saturated carbocycles. The Kier molecular flexibility index (Phi) is 11.0. The Hall–Kier alpha value is -5.14. The van der Waals surface area contributed by atoms with E-state index in [0.29, 0.717) is 4.90 Å². The second-order valence-electron chi connectivity index (χ2n) is 7.72. The van der Waals surface area contributed by atoms with E-state index in [1.165, 1.54) is 0 Å². The number of urea groups is 1. The van der Waals surface area contributed by atoms with E-state index in [4.69, 9.17) is 25.4 Å². The summed E-state index contributed by atoms with van der Waals surface area (Å²) in [4.78, 5) is 67.4. The molecule has 1 aliphatic rings. The van der Waals surface area contributed by atoms with Crippen LogP contribution in [-0.2, 0) is 37.1 Å². The number of primary amides is 1. The number of hydrogen-bond acceptors (Lipinski definition) is 8. The molecule has 0 unspecified atom stereocenters. The van der Waals surface area contributed by atoms with Crippen LogP contribution in [0.3, 0.4) is 0 Å². The Bertz CT molecular complexity index is 1140. The number of carbonyl (C=O) groups excluding carboxylic acids is 4. The molecule has 6 N–H and O–H groups in total. The number of imide groups is 1. The summed E-state index contributed by atoms with van der Waals surface area (Å²) in [5, 5.41) is 22.0. The molecule has 2 aromatic rings. The number of carboxylic acid groups (broad SMARTS) is 2. The maximum Gasteiger partial charge on any atom is 0.419 e. The van der Waals surface area contributed by atoms with Gasteiger partial charge in [-0.2, -0.15) is 0 Å². The van der Waals surface area contributed by atoms with Crippen molar-refractivity contribution in [1.29, 1.82) is 0 Å². The van der Waals surface area contributed by atoms with Gasteiger partial charge in [-0.15, -0.1) is 0 Å². The molecule has 14 heteroatoms. The van der Waals surface area contributed by atoms with E-state index in [1.807, 2.05) is 12.1 Å². The van der Waals surface area contributed by atoms with Gasteiger partial charge < -0.3 is 36.1 Å². The zero-order chi connectivity index (χ0) is 28.1. The number of alkyl carbamates (subject to hydrolysis) is 1. The van der Waals surface area contributed by atoms with Crippen LogP contribution in [0.5, 0.6) is 0 Å². The quantitative estimate of drug-likeness (QED) is 0.310. The third-order valence-electron chi connectivity index (χ3n) is 4.87. The number of nitrogens with zero attached hydrogens (tertiary/aromatic N) is 1. The fourth-order valence-electron chi connectivity index (χ4n) is 3.01. The van der Waals surface area contributed by atoms with Crippen LogP contribution < -0.4 is 16.4 Å². The van der Waals surface area contributed by atoms with Crippen molar-refractivity contribution in [1.82, 2.24) is 15.5 Å². The van der Waals surface area contributed by atoms with E-state index in [0.717, 1.165) is 11.1 Å². The Balaban J connectivity index is 0.000000267. The summed E-state index contributed by atoms with van der Waals surface area (Å²) in [6.45, 7) is -0.125. The number of nitrogens with two attached hydrogens (primary N) is 1. The first-order chi connectivity index (χ1) is 18.1. The van der Waals surface area contributed by atoms with Gasteiger partial charge in [0, 0.05) is 0 Å². The summed E-state index contributed by atoms with van der Waals surface area (Å²) >= 11 is 0. The van der Waals surface area contributed by atoms with Crippen molar-refractivity contribution in [3.05, 3.63) is 71.8 Å². The molecular weight excluding hydrogens is 504 g/mol.